The maximum Gasteiger partial charge on any atom is 0.182 e. The molecule has 0 fully saturated rings. The van der Waals surface area contributed by atoms with Crippen molar-refractivity contribution >= 4 is 15.5 Å². The standard InChI is InChI=1S/C13H21NO5S/c1-17-6-7-18-8-9-19-10-11-20(15,16)13-5-3-2-4-12(13)14/h2-5H,6-11,14H2,1H3. The Morgan fingerprint density at radius 3 is 2.25 bits per heavy atom. The van der Waals surface area contributed by atoms with Crippen LogP contribution in [0.4, 0.5) is 5.69 Å². The number of nitrogens with two attached hydrogens (primary N) is 1. The molecule has 0 atom stereocenters. The summed E-state index contributed by atoms with van der Waals surface area (Å²) < 4.78 is 39.3. The molecule has 7 heteroatoms. The summed E-state index contributed by atoms with van der Waals surface area (Å²) in [5.41, 5.74) is 5.91. The van der Waals surface area contributed by atoms with Crippen molar-refractivity contribution in [3.8, 4) is 0 Å². The second-order valence-corrected chi connectivity index (χ2v) is 6.15. The van der Waals surface area contributed by atoms with Gasteiger partial charge in [0.25, 0.3) is 0 Å². The lowest BCUT2D eigenvalue weighted by Gasteiger charge is -2.08. The number of sulfone groups is 1. The Morgan fingerprint density at radius 2 is 1.60 bits per heavy atom. The van der Waals surface area contributed by atoms with Gasteiger partial charge in [0.15, 0.2) is 9.84 Å². The second-order valence-electron chi connectivity index (χ2n) is 4.07. The zero-order chi connectivity index (χ0) is 14.8. The highest BCUT2D eigenvalue weighted by atomic mass is 32.2. The fourth-order valence-electron chi connectivity index (χ4n) is 1.51. The molecule has 1 aromatic rings. The van der Waals surface area contributed by atoms with Gasteiger partial charge in [-0.1, -0.05) is 12.1 Å². The Bertz CT molecular complexity index is 489. The minimum atomic E-state index is -3.40. The maximum absolute atomic E-state index is 12.0. The third kappa shape index (κ3) is 5.87. The molecule has 0 aromatic heterocycles. The highest BCUT2D eigenvalue weighted by Crippen LogP contribution is 2.18. The lowest BCUT2D eigenvalue weighted by molar-refractivity contribution is 0.0284. The van der Waals surface area contributed by atoms with Gasteiger partial charge in [0.2, 0.25) is 0 Å². The minimum absolute atomic E-state index is 0.0979. The Hall–Kier alpha value is -1.15. The van der Waals surface area contributed by atoms with Gasteiger partial charge in [-0.2, -0.15) is 0 Å². The lowest BCUT2D eigenvalue weighted by Crippen LogP contribution is -2.16. The largest absolute Gasteiger partial charge is 0.398 e. The molecule has 20 heavy (non-hydrogen) atoms. The molecule has 1 aromatic carbocycles. The first kappa shape index (κ1) is 16.9. The molecule has 6 nitrogen and oxygen atoms in total. The van der Waals surface area contributed by atoms with Crippen LogP contribution in [0.5, 0.6) is 0 Å². The number of rotatable bonds is 10. The highest BCUT2D eigenvalue weighted by molar-refractivity contribution is 7.91. The number of ether oxygens (including phenoxy) is 3. The number of hydrogen-bond donors (Lipinski definition) is 1. The average Bonchev–Trinajstić information content (AvgIpc) is 2.42. The van der Waals surface area contributed by atoms with Crippen LogP contribution in [0, 0.1) is 0 Å². The molecule has 0 aliphatic carbocycles. The van der Waals surface area contributed by atoms with E-state index in [1.807, 2.05) is 0 Å². The number of hydrogen-bond acceptors (Lipinski definition) is 6. The van der Waals surface area contributed by atoms with E-state index >= 15 is 0 Å². The number of methoxy groups -OCH3 is 1. The number of anilines is 1. The van der Waals surface area contributed by atoms with Crippen LogP contribution < -0.4 is 5.73 Å². The van der Waals surface area contributed by atoms with Gasteiger partial charge in [-0.05, 0) is 12.1 Å². The Kier molecular flexibility index (Phi) is 7.53. The molecule has 1 rings (SSSR count). The normalized spacial score (nSPS) is 11.7. The van der Waals surface area contributed by atoms with Crippen molar-refractivity contribution in [2.75, 3.05) is 51.6 Å². The summed E-state index contributed by atoms with van der Waals surface area (Å²) in [5, 5.41) is 0. The first-order valence-corrected chi connectivity index (χ1v) is 7.95. The van der Waals surface area contributed by atoms with Crippen LogP contribution in [0.3, 0.4) is 0 Å². The fraction of sp³-hybridized carbons (Fsp3) is 0.538. The molecular formula is C13H21NO5S. The van der Waals surface area contributed by atoms with Crippen LogP contribution in [-0.4, -0.2) is 54.3 Å². The molecule has 0 amide bonds. The zero-order valence-corrected chi connectivity index (χ0v) is 12.4. The van der Waals surface area contributed by atoms with E-state index in [2.05, 4.69) is 0 Å². The zero-order valence-electron chi connectivity index (χ0n) is 11.6. The van der Waals surface area contributed by atoms with E-state index in [0.29, 0.717) is 26.4 Å². The van der Waals surface area contributed by atoms with Crippen molar-refractivity contribution in [3.05, 3.63) is 24.3 Å². The topological polar surface area (TPSA) is 87.9 Å². The molecule has 0 aliphatic rings. The molecular weight excluding hydrogens is 282 g/mol. The van der Waals surface area contributed by atoms with Crippen LogP contribution in [0.25, 0.3) is 0 Å². The predicted octanol–water partition coefficient (Wildman–Crippen LogP) is 0.722. The summed E-state index contributed by atoms with van der Waals surface area (Å²) in [4.78, 5) is 0.153. The van der Waals surface area contributed by atoms with Crippen molar-refractivity contribution in [2.24, 2.45) is 0 Å². The molecule has 0 spiro atoms. The third-order valence-electron chi connectivity index (χ3n) is 2.55. The highest BCUT2D eigenvalue weighted by Gasteiger charge is 2.16. The molecule has 0 aliphatic heterocycles. The molecule has 0 saturated carbocycles. The summed E-state index contributed by atoms with van der Waals surface area (Å²) in [6, 6.07) is 6.41. The van der Waals surface area contributed by atoms with Crippen molar-refractivity contribution in [1.29, 1.82) is 0 Å². The summed E-state index contributed by atoms with van der Waals surface area (Å²) >= 11 is 0. The summed E-state index contributed by atoms with van der Waals surface area (Å²) in [6.45, 7) is 1.91. The monoisotopic (exact) mass is 303 g/mol. The van der Waals surface area contributed by atoms with Crippen LogP contribution in [0.2, 0.25) is 0 Å². The van der Waals surface area contributed by atoms with Crippen molar-refractivity contribution < 1.29 is 22.6 Å². The summed E-state index contributed by atoms with van der Waals surface area (Å²) in [6.07, 6.45) is 0. The Morgan fingerprint density at radius 1 is 1.00 bits per heavy atom. The average molecular weight is 303 g/mol. The van der Waals surface area contributed by atoms with Gasteiger partial charge in [0, 0.05) is 7.11 Å². The first-order valence-electron chi connectivity index (χ1n) is 6.29. The molecule has 114 valence electrons. The van der Waals surface area contributed by atoms with E-state index in [1.54, 1.807) is 25.3 Å². The maximum atomic E-state index is 12.0. The summed E-state index contributed by atoms with van der Waals surface area (Å²) in [7, 11) is -1.81. The van der Waals surface area contributed by atoms with Gasteiger partial charge in [0.1, 0.15) is 0 Å². The molecule has 0 unspecified atom stereocenters. The van der Waals surface area contributed by atoms with Gasteiger partial charge in [-0.15, -0.1) is 0 Å². The van der Waals surface area contributed by atoms with E-state index in [4.69, 9.17) is 19.9 Å². The van der Waals surface area contributed by atoms with Crippen molar-refractivity contribution in [3.63, 3.8) is 0 Å². The van der Waals surface area contributed by atoms with E-state index in [-0.39, 0.29) is 22.9 Å². The van der Waals surface area contributed by atoms with Crippen LogP contribution in [0.15, 0.2) is 29.2 Å². The van der Waals surface area contributed by atoms with Gasteiger partial charge >= 0.3 is 0 Å². The number of benzene rings is 1. The SMILES string of the molecule is COCCOCCOCCS(=O)(=O)c1ccccc1N. The van der Waals surface area contributed by atoms with Gasteiger partial charge < -0.3 is 19.9 Å². The van der Waals surface area contributed by atoms with E-state index in [0.717, 1.165) is 0 Å². The van der Waals surface area contributed by atoms with Crippen LogP contribution in [-0.2, 0) is 24.0 Å². The lowest BCUT2D eigenvalue weighted by atomic mass is 10.3. The Labute approximate surface area is 119 Å². The van der Waals surface area contributed by atoms with Gasteiger partial charge in [-0.3, -0.25) is 0 Å². The van der Waals surface area contributed by atoms with E-state index in [1.165, 1.54) is 6.07 Å². The van der Waals surface area contributed by atoms with Crippen molar-refractivity contribution in [2.45, 2.75) is 4.90 Å². The smallest absolute Gasteiger partial charge is 0.182 e. The van der Waals surface area contributed by atoms with Gasteiger partial charge in [-0.25, -0.2) is 8.42 Å². The van der Waals surface area contributed by atoms with Gasteiger partial charge in [0.05, 0.1) is 49.4 Å². The van der Waals surface area contributed by atoms with Crippen LogP contribution in [0.1, 0.15) is 0 Å². The quantitative estimate of drug-likeness (QED) is 0.506. The first-order chi connectivity index (χ1) is 9.58. The predicted molar refractivity (Wildman–Crippen MR) is 76.4 cm³/mol. The van der Waals surface area contributed by atoms with E-state index in [9.17, 15) is 8.42 Å². The van der Waals surface area contributed by atoms with Crippen LogP contribution >= 0.6 is 0 Å². The minimum Gasteiger partial charge on any atom is -0.398 e. The molecule has 0 bridgehead atoms. The second kappa shape index (κ2) is 8.91. The number of nitrogen functional groups attached to an aromatic ring is 1. The fourth-order valence-corrected chi connectivity index (χ4v) is 2.78. The molecule has 0 radical (unpaired) electrons. The van der Waals surface area contributed by atoms with E-state index < -0.39 is 9.84 Å². The molecule has 0 saturated heterocycles. The Balaban J connectivity index is 2.26. The summed E-state index contributed by atoms with van der Waals surface area (Å²) in [5.74, 6) is -0.0979. The number of para-hydroxylation sites is 1. The van der Waals surface area contributed by atoms with Crippen molar-refractivity contribution in [1.82, 2.24) is 0 Å². The molecule has 0 heterocycles. The molecule has 2 N–H and O–H groups in total. The third-order valence-corrected chi connectivity index (χ3v) is 4.30.